The molecule has 0 saturated heterocycles. The Hall–Kier alpha value is -2.89. The number of ether oxygens (including phenoxy) is 1. The van der Waals surface area contributed by atoms with Crippen LogP contribution in [0.25, 0.3) is 17.0 Å². The minimum absolute atomic E-state index is 0.0714. The van der Waals surface area contributed by atoms with Crippen LogP contribution in [-0.4, -0.2) is 23.5 Å². The van der Waals surface area contributed by atoms with E-state index in [9.17, 15) is 9.59 Å². The predicted molar refractivity (Wildman–Crippen MR) is 117 cm³/mol. The van der Waals surface area contributed by atoms with Gasteiger partial charge in [-0.2, -0.15) is 0 Å². The van der Waals surface area contributed by atoms with Crippen molar-refractivity contribution in [1.29, 1.82) is 0 Å². The predicted octanol–water partition coefficient (Wildman–Crippen LogP) is 5.54. The maximum atomic E-state index is 12.8. The second kappa shape index (κ2) is 9.07. The molecule has 29 heavy (non-hydrogen) atoms. The van der Waals surface area contributed by atoms with E-state index < -0.39 is 5.91 Å². The zero-order chi connectivity index (χ0) is 21.0. The number of hydrogen-bond acceptors (Lipinski definition) is 4. The summed E-state index contributed by atoms with van der Waals surface area (Å²) in [4.78, 5) is 29.3. The lowest BCUT2D eigenvalue weighted by molar-refractivity contribution is -0.142. The number of rotatable bonds is 6. The van der Waals surface area contributed by atoms with E-state index in [-0.39, 0.29) is 28.0 Å². The molecule has 0 fully saturated rings. The highest BCUT2D eigenvalue weighted by molar-refractivity contribution is 6.40. The number of anilines is 1. The first-order valence-electron chi connectivity index (χ1n) is 8.90. The van der Waals surface area contributed by atoms with Gasteiger partial charge in [0.15, 0.2) is 0 Å². The van der Waals surface area contributed by atoms with Crippen molar-refractivity contribution in [2.24, 2.45) is 0 Å². The monoisotopic (exact) mass is 428 g/mol. The van der Waals surface area contributed by atoms with Gasteiger partial charge in [-0.3, -0.25) is 14.6 Å². The van der Waals surface area contributed by atoms with Crippen molar-refractivity contribution in [3.63, 3.8) is 0 Å². The molecule has 0 unspecified atom stereocenters. The average molecular weight is 429 g/mol. The summed E-state index contributed by atoms with van der Waals surface area (Å²) < 4.78 is 5.08. The molecule has 0 spiro atoms. The van der Waals surface area contributed by atoms with Crippen molar-refractivity contribution >= 4 is 57.7 Å². The Morgan fingerprint density at radius 2 is 1.86 bits per heavy atom. The average Bonchev–Trinajstić information content (AvgIpc) is 2.68. The summed E-state index contributed by atoms with van der Waals surface area (Å²) in [7, 11) is 0. The first-order valence-corrected chi connectivity index (χ1v) is 9.65. The van der Waals surface area contributed by atoms with Crippen LogP contribution in [0.4, 0.5) is 5.69 Å². The van der Waals surface area contributed by atoms with E-state index in [1.165, 1.54) is 0 Å². The molecule has 148 valence electrons. The maximum absolute atomic E-state index is 12.8. The minimum Gasteiger partial charge on any atom is -0.466 e. The van der Waals surface area contributed by atoms with Crippen molar-refractivity contribution in [2.45, 2.75) is 13.3 Å². The van der Waals surface area contributed by atoms with Crippen LogP contribution in [0.15, 0.2) is 49.2 Å². The smallest absolute Gasteiger partial charge is 0.310 e. The number of nitrogens with zero attached hydrogens (tertiary/aromatic N) is 1. The summed E-state index contributed by atoms with van der Waals surface area (Å²) in [6.45, 7) is 5.84. The molecule has 0 atom stereocenters. The standard InChI is InChI=1S/C22H18Cl2N2O3/c1-3-13-12-25-21-14(15(13)11-19(27)29-4-2)7-5-10-18(21)26-22(28)20-16(23)8-6-9-17(20)24/h3,5-10,12H,1,4,11H2,2H3,(H,26,28). The number of halogens is 2. The Labute approximate surface area is 178 Å². The van der Waals surface area contributed by atoms with Crippen LogP contribution >= 0.6 is 23.2 Å². The number of carbonyl (C=O) groups is 2. The number of nitrogens with one attached hydrogen (secondary N) is 1. The van der Waals surface area contributed by atoms with Gasteiger partial charge in [0.25, 0.3) is 5.91 Å². The van der Waals surface area contributed by atoms with Gasteiger partial charge < -0.3 is 10.1 Å². The zero-order valence-electron chi connectivity index (χ0n) is 15.7. The highest BCUT2D eigenvalue weighted by Gasteiger charge is 2.18. The first kappa shape index (κ1) is 20.8. The summed E-state index contributed by atoms with van der Waals surface area (Å²) in [5.41, 5.74) is 2.65. The summed E-state index contributed by atoms with van der Waals surface area (Å²) in [5.74, 6) is -0.796. The third kappa shape index (κ3) is 4.42. The summed E-state index contributed by atoms with van der Waals surface area (Å²) >= 11 is 12.3. The molecular formula is C22H18Cl2N2O3. The van der Waals surface area contributed by atoms with E-state index in [0.717, 1.165) is 16.5 Å². The number of pyridine rings is 1. The fourth-order valence-electron chi connectivity index (χ4n) is 3.02. The molecule has 1 aromatic heterocycles. The Kier molecular flexibility index (Phi) is 6.52. The molecule has 3 aromatic rings. The minimum atomic E-state index is -0.449. The number of fused-ring (bicyclic) bond motifs is 1. The molecule has 0 saturated carbocycles. The normalized spacial score (nSPS) is 10.6. The number of carbonyl (C=O) groups excluding carboxylic acids is 2. The Balaban J connectivity index is 2.05. The van der Waals surface area contributed by atoms with Crippen molar-refractivity contribution in [2.75, 3.05) is 11.9 Å². The lowest BCUT2D eigenvalue weighted by atomic mass is 10.00. The fourth-order valence-corrected chi connectivity index (χ4v) is 3.59. The van der Waals surface area contributed by atoms with Gasteiger partial charge in [-0.25, -0.2) is 0 Å². The third-order valence-corrected chi connectivity index (χ3v) is 4.96. The number of benzene rings is 2. The van der Waals surface area contributed by atoms with Crippen molar-refractivity contribution in [3.05, 3.63) is 75.9 Å². The number of hydrogen-bond donors (Lipinski definition) is 1. The Bertz CT molecular complexity index is 1090. The van der Waals surface area contributed by atoms with Crippen molar-refractivity contribution < 1.29 is 14.3 Å². The lowest BCUT2D eigenvalue weighted by Crippen LogP contribution is -2.14. The van der Waals surface area contributed by atoms with E-state index in [1.807, 2.05) is 6.07 Å². The largest absolute Gasteiger partial charge is 0.466 e. The number of esters is 1. The number of aromatic nitrogens is 1. The van der Waals surface area contributed by atoms with Crippen LogP contribution < -0.4 is 5.32 Å². The quantitative estimate of drug-likeness (QED) is 0.523. The third-order valence-electron chi connectivity index (χ3n) is 4.33. The molecular weight excluding hydrogens is 411 g/mol. The molecule has 1 N–H and O–H groups in total. The maximum Gasteiger partial charge on any atom is 0.310 e. The highest BCUT2D eigenvalue weighted by Crippen LogP contribution is 2.30. The molecule has 0 bridgehead atoms. The van der Waals surface area contributed by atoms with Gasteiger partial charge in [0.05, 0.1) is 39.8 Å². The van der Waals surface area contributed by atoms with Gasteiger partial charge in [-0.05, 0) is 36.2 Å². The zero-order valence-corrected chi connectivity index (χ0v) is 17.2. The molecule has 0 radical (unpaired) electrons. The molecule has 7 heteroatoms. The van der Waals surface area contributed by atoms with Crippen LogP contribution in [-0.2, 0) is 16.0 Å². The topological polar surface area (TPSA) is 68.3 Å². The summed E-state index contributed by atoms with van der Waals surface area (Å²) in [6.07, 6.45) is 3.32. The molecule has 3 rings (SSSR count). The van der Waals surface area contributed by atoms with E-state index >= 15 is 0 Å². The molecule has 5 nitrogen and oxygen atoms in total. The summed E-state index contributed by atoms with van der Waals surface area (Å²) in [6, 6.07) is 10.2. The number of amides is 1. The fraction of sp³-hybridized carbons (Fsp3) is 0.136. The number of para-hydroxylation sites is 1. The SMILES string of the molecule is C=Cc1cnc2c(NC(=O)c3c(Cl)cccc3Cl)cccc2c1CC(=O)OCC. The molecule has 0 aliphatic rings. The van der Waals surface area contributed by atoms with E-state index in [0.29, 0.717) is 17.8 Å². The van der Waals surface area contributed by atoms with E-state index in [4.69, 9.17) is 27.9 Å². The van der Waals surface area contributed by atoms with Crippen LogP contribution in [0.1, 0.15) is 28.4 Å². The van der Waals surface area contributed by atoms with E-state index in [1.54, 1.807) is 49.5 Å². The van der Waals surface area contributed by atoms with Gasteiger partial charge >= 0.3 is 5.97 Å². The van der Waals surface area contributed by atoms with Crippen LogP contribution in [0, 0.1) is 0 Å². The molecule has 1 heterocycles. The molecule has 1 amide bonds. The van der Waals surface area contributed by atoms with Crippen molar-refractivity contribution in [1.82, 2.24) is 4.98 Å². The van der Waals surface area contributed by atoms with Crippen LogP contribution in [0.2, 0.25) is 10.0 Å². The van der Waals surface area contributed by atoms with Crippen LogP contribution in [0.3, 0.4) is 0 Å². The second-order valence-electron chi connectivity index (χ2n) is 6.13. The second-order valence-corrected chi connectivity index (χ2v) is 6.94. The lowest BCUT2D eigenvalue weighted by Gasteiger charge is -2.14. The van der Waals surface area contributed by atoms with Gasteiger partial charge in [-0.1, -0.05) is 54.1 Å². The van der Waals surface area contributed by atoms with Gasteiger partial charge in [0.2, 0.25) is 0 Å². The van der Waals surface area contributed by atoms with E-state index in [2.05, 4.69) is 16.9 Å². The summed E-state index contributed by atoms with van der Waals surface area (Å²) in [5, 5.41) is 4.03. The van der Waals surface area contributed by atoms with Crippen molar-refractivity contribution in [3.8, 4) is 0 Å². The first-order chi connectivity index (χ1) is 14.0. The molecule has 0 aliphatic carbocycles. The van der Waals surface area contributed by atoms with Gasteiger partial charge in [0, 0.05) is 11.6 Å². The molecule has 0 aliphatic heterocycles. The Morgan fingerprint density at radius 3 is 2.52 bits per heavy atom. The Morgan fingerprint density at radius 1 is 1.17 bits per heavy atom. The molecule has 2 aromatic carbocycles. The van der Waals surface area contributed by atoms with Gasteiger partial charge in [-0.15, -0.1) is 0 Å². The van der Waals surface area contributed by atoms with Crippen LogP contribution in [0.5, 0.6) is 0 Å². The van der Waals surface area contributed by atoms with Gasteiger partial charge in [0.1, 0.15) is 0 Å². The highest BCUT2D eigenvalue weighted by atomic mass is 35.5.